The first-order valence-electron chi connectivity index (χ1n) is 8.62. The number of rotatable bonds is 6. The van der Waals surface area contributed by atoms with E-state index in [0.29, 0.717) is 30.1 Å². The van der Waals surface area contributed by atoms with Crippen molar-refractivity contribution in [3.8, 4) is 0 Å². The molecular formula is C19H23ClN2O4. The monoisotopic (exact) mass is 378 g/mol. The van der Waals surface area contributed by atoms with Gasteiger partial charge >= 0.3 is 5.97 Å². The minimum atomic E-state index is -0.872. The summed E-state index contributed by atoms with van der Waals surface area (Å²) in [6, 6.07) is 6.26. The molecule has 1 aliphatic rings. The Labute approximate surface area is 158 Å². The third-order valence-electron chi connectivity index (χ3n) is 4.19. The smallest absolute Gasteiger partial charge is 0.308 e. The molecule has 1 fully saturated rings. The van der Waals surface area contributed by atoms with Gasteiger partial charge < -0.3 is 15.0 Å². The predicted octanol–water partition coefficient (Wildman–Crippen LogP) is 2.41. The average Bonchev–Trinajstić information content (AvgIpc) is 2.62. The summed E-state index contributed by atoms with van der Waals surface area (Å²) in [4.78, 5) is 38.2. The van der Waals surface area contributed by atoms with Crippen molar-refractivity contribution in [2.45, 2.75) is 38.8 Å². The van der Waals surface area contributed by atoms with Crippen molar-refractivity contribution in [2.24, 2.45) is 0 Å². The number of benzene rings is 1. The van der Waals surface area contributed by atoms with Gasteiger partial charge in [0.05, 0.1) is 12.5 Å². The molecule has 2 rings (SSSR count). The lowest BCUT2D eigenvalue weighted by Crippen LogP contribution is -2.57. The molecule has 2 atom stereocenters. The molecule has 140 valence electrons. The van der Waals surface area contributed by atoms with Gasteiger partial charge in [0.25, 0.3) is 0 Å². The highest BCUT2D eigenvalue weighted by Gasteiger charge is 2.34. The summed E-state index contributed by atoms with van der Waals surface area (Å²) in [7, 11) is 0. The summed E-state index contributed by atoms with van der Waals surface area (Å²) in [6.07, 6.45) is 3.27. The third kappa shape index (κ3) is 5.33. The number of halogens is 1. The van der Waals surface area contributed by atoms with Gasteiger partial charge in [-0.05, 0) is 31.1 Å². The molecule has 0 aliphatic carbocycles. The third-order valence-corrected chi connectivity index (χ3v) is 4.54. The molecular weight excluding hydrogens is 356 g/mol. The lowest BCUT2D eigenvalue weighted by Gasteiger charge is -2.34. The molecule has 2 unspecified atom stereocenters. The van der Waals surface area contributed by atoms with Crippen LogP contribution in [0.5, 0.6) is 0 Å². The first kappa shape index (κ1) is 20.0. The van der Waals surface area contributed by atoms with E-state index in [1.165, 1.54) is 11.0 Å². The van der Waals surface area contributed by atoms with Crippen molar-refractivity contribution in [1.82, 2.24) is 10.2 Å². The highest BCUT2D eigenvalue weighted by Crippen LogP contribution is 2.17. The van der Waals surface area contributed by atoms with Gasteiger partial charge in [-0.2, -0.15) is 0 Å². The number of piperazine rings is 1. The van der Waals surface area contributed by atoms with Gasteiger partial charge in [0, 0.05) is 24.2 Å². The second kappa shape index (κ2) is 9.38. The molecule has 0 aromatic heterocycles. The standard InChI is InChI=1S/C19H23ClN2O4/c1-3-13(2)26-18(24)12-16-19(25)21-10-11-22(16)17(23)9-8-14-6-4-5-7-15(14)20/h4-9,13,16H,3,10-12H2,1-2H3,(H,21,25)/b9-8+. The van der Waals surface area contributed by atoms with Crippen LogP contribution in [-0.2, 0) is 19.1 Å². The maximum absolute atomic E-state index is 12.6. The van der Waals surface area contributed by atoms with E-state index in [4.69, 9.17) is 16.3 Å². The number of esters is 1. The summed E-state index contributed by atoms with van der Waals surface area (Å²) in [6.45, 7) is 4.37. The lowest BCUT2D eigenvalue weighted by molar-refractivity contribution is -0.154. The Morgan fingerprint density at radius 3 is 2.85 bits per heavy atom. The van der Waals surface area contributed by atoms with Crippen LogP contribution in [0.4, 0.5) is 0 Å². The van der Waals surface area contributed by atoms with E-state index >= 15 is 0 Å². The van der Waals surface area contributed by atoms with Crippen LogP contribution in [0.15, 0.2) is 30.3 Å². The van der Waals surface area contributed by atoms with Gasteiger partial charge in [0.15, 0.2) is 0 Å². The van der Waals surface area contributed by atoms with Crippen LogP contribution < -0.4 is 5.32 Å². The van der Waals surface area contributed by atoms with E-state index in [2.05, 4.69) is 5.32 Å². The highest BCUT2D eigenvalue weighted by molar-refractivity contribution is 6.32. The van der Waals surface area contributed by atoms with Crippen LogP contribution in [0.2, 0.25) is 5.02 Å². The molecule has 6 nitrogen and oxygen atoms in total. The number of hydrogen-bond donors (Lipinski definition) is 1. The molecule has 0 radical (unpaired) electrons. The highest BCUT2D eigenvalue weighted by atomic mass is 35.5. The van der Waals surface area contributed by atoms with E-state index in [1.807, 2.05) is 13.0 Å². The average molecular weight is 379 g/mol. The fourth-order valence-electron chi connectivity index (χ4n) is 2.56. The van der Waals surface area contributed by atoms with E-state index in [9.17, 15) is 14.4 Å². The van der Waals surface area contributed by atoms with Crippen molar-refractivity contribution in [3.05, 3.63) is 40.9 Å². The Bertz CT molecular complexity index is 705. The summed E-state index contributed by atoms with van der Waals surface area (Å²) >= 11 is 6.07. The van der Waals surface area contributed by atoms with Crippen LogP contribution in [0.3, 0.4) is 0 Å². The Morgan fingerprint density at radius 1 is 1.42 bits per heavy atom. The first-order valence-corrected chi connectivity index (χ1v) is 9.00. The molecule has 1 aliphatic heterocycles. The fourth-order valence-corrected chi connectivity index (χ4v) is 2.76. The molecule has 0 saturated carbocycles. The fraction of sp³-hybridized carbons (Fsp3) is 0.421. The number of hydrogen-bond acceptors (Lipinski definition) is 4. The second-order valence-corrected chi connectivity index (χ2v) is 6.51. The molecule has 1 aromatic rings. The van der Waals surface area contributed by atoms with Crippen molar-refractivity contribution >= 4 is 35.5 Å². The minimum absolute atomic E-state index is 0.165. The van der Waals surface area contributed by atoms with Crippen LogP contribution in [-0.4, -0.2) is 47.9 Å². The lowest BCUT2D eigenvalue weighted by atomic mass is 10.1. The van der Waals surface area contributed by atoms with Crippen molar-refractivity contribution in [2.75, 3.05) is 13.1 Å². The Hall–Kier alpha value is -2.34. The molecule has 1 heterocycles. The maximum atomic E-state index is 12.6. The summed E-state index contributed by atoms with van der Waals surface area (Å²) in [5, 5.41) is 3.22. The first-order chi connectivity index (χ1) is 12.4. The summed E-state index contributed by atoms with van der Waals surface area (Å²) in [5.74, 6) is -1.19. The van der Waals surface area contributed by atoms with Gasteiger partial charge in [-0.15, -0.1) is 0 Å². The van der Waals surface area contributed by atoms with Crippen LogP contribution >= 0.6 is 11.6 Å². The number of ether oxygens (including phenoxy) is 1. The molecule has 26 heavy (non-hydrogen) atoms. The maximum Gasteiger partial charge on any atom is 0.308 e. The van der Waals surface area contributed by atoms with Crippen LogP contribution in [0.25, 0.3) is 6.08 Å². The zero-order valence-electron chi connectivity index (χ0n) is 14.9. The van der Waals surface area contributed by atoms with E-state index in [1.54, 1.807) is 31.2 Å². The number of nitrogens with zero attached hydrogens (tertiary/aromatic N) is 1. The molecule has 7 heteroatoms. The summed E-state index contributed by atoms with van der Waals surface area (Å²) in [5.41, 5.74) is 0.705. The van der Waals surface area contributed by atoms with E-state index in [-0.39, 0.29) is 24.3 Å². The van der Waals surface area contributed by atoms with E-state index < -0.39 is 12.0 Å². The molecule has 0 spiro atoms. The zero-order chi connectivity index (χ0) is 19.1. The SMILES string of the molecule is CCC(C)OC(=O)CC1C(=O)NCCN1C(=O)/C=C/c1ccccc1Cl. The zero-order valence-corrected chi connectivity index (χ0v) is 15.7. The number of carbonyl (C=O) groups excluding carboxylic acids is 3. The van der Waals surface area contributed by atoms with Gasteiger partial charge in [-0.25, -0.2) is 0 Å². The van der Waals surface area contributed by atoms with Gasteiger partial charge in [0.2, 0.25) is 11.8 Å². The van der Waals surface area contributed by atoms with Crippen LogP contribution in [0, 0.1) is 0 Å². The van der Waals surface area contributed by atoms with Crippen LogP contribution in [0.1, 0.15) is 32.3 Å². The molecule has 0 bridgehead atoms. The number of carbonyl (C=O) groups is 3. The molecule has 1 N–H and O–H groups in total. The Balaban J connectivity index is 2.08. The van der Waals surface area contributed by atoms with Crippen molar-refractivity contribution < 1.29 is 19.1 Å². The van der Waals surface area contributed by atoms with Crippen molar-refractivity contribution in [3.63, 3.8) is 0 Å². The quantitative estimate of drug-likeness (QED) is 0.609. The van der Waals surface area contributed by atoms with Gasteiger partial charge in [-0.3, -0.25) is 14.4 Å². The topological polar surface area (TPSA) is 75.7 Å². The summed E-state index contributed by atoms with van der Waals surface area (Å²) < 4.78 is 5.23. The molecule has 2 amide bonds. The largest absolute Gasteiger partial charge is 0.463 e. The second-order valence-electron chi connectivity index (χ2n) is 6.11. The predicted molar refractivity (Wildman–Crippen MR) is 99.5 cm³/mol. The van der Waals surface area contributed by atoms with Crippen molar-refractivity contribution in [1.29, 1.82) is 0 Å². The number of nitrogens with one attached hydrogen (secondary N) is 1. The van der Waals surface area contributed by atoms with E-state index in [0.717, 1.165) is 0 Å². The van der Waals surface area contributed by atoms with Gasteiger partial charge in [-0.1, -0.05) is 36.7 Å². The molecule has 1 aromatic carbocycles. The molecule has 1 saturated heterocycles. The van der Waals surface area contributed by atoms with Gasteiger partial charge in [0.1, 0.15) is 6.04 Å². The Kier molecular flexibility index (Phi) is 7.21. The number of amides is 2. The Morgan fingerprint density at radius 2 is 2.15 bits per heavy atom. The normalized spacial score (nSPS) is 18.5. The minimum Gasteiger partial charge on any atom is -0.463 e.